The number of hydrogen-bond donors (Lipinski definition) is 2. The molecule has 0 aliphatic carbocycles. The number of phenolic OH excluding ortho intramolecular Hbond substituents is 1. The van der Waals surface area contributed by atoms with Gasteiger partial charge in [0.05, 0.1) is 16.3 Å². The maximum absolute atomic E-state index is 11.1. The van der Waals surface area contributed by atoms with E-state index in [-0.39, 0.29) is 10.6 Å². The molecule has 0 spiro atoms. The van der Waals surface area contributed by atoms with Gasteiger partial charge in [-0.1, -0.05) is 6.07 Å². The third kappa shape index (κ3) is 3.60. The Bertz CT molecular complexity index is 709. The molecule has 98 valence electrons. The molecule has 19 heavy (non-hydrogen) atoms. The van der Waals surface area contributed by atoms with E-state index < -0.39 is 10.0 Å². The smallest absolute Gasteiger partial charge is 0.238 e. The van der Waals surface area contributed by atoms with Crippen LogP contribution in [0, 0.1) is 0 Å². The molecule has 6 nitrogen and oxygen atoms in total. The van der Waals surface area contributed by atoms with Crippen LogP contribution in [0.5, 0.6) is 5.75 Å². The molecular formula is C12H11N3O3S. The van der Waals surface area contributed by atoms with Gasteiger partial charge < -0.3 is 5.11 Å². The molecule has 0 saturated carbocycles. The second kappa shape index (κ2) is 5.17. The number of nitrogens with two attached hydrogens (primary N) is 1. The van der Waals surface area contributed by atoms with Crippen LogP contribution in [-0.2, 0) is 10.0 Å². The summed E-state index contributed by atoms with van der Waals surface area (Å²) in [5, 5.41) is 22.1. The van der Waals surface area contributed by atoms with E-state index in [0.29, 0.717) is 11.4 Å². The molecule has 0 atom stereocenters. The lowest BCUT2D eigenvalue weighted by atomic mass is 10.3. The van der Waals surface area contributed by atoms with Gasteiger partial charge in [-0.2, -0.15) is 10.2 Å². The molecule has 0 aromatic heterocycles. The van der Waals surface area contributed by atoms with E-state index in [1.54, 1.807) is 12.1 Å². The lowest BCUT2D eigenvalue weighted by Crippen LogP contribution is -2.11. The minimum atomic E-state index is -3.70. The predicted octanol–water partition coefficient (Wildman–Crippen LogP) is 2.46. The molecule has 0 unspecified atom stereocenters. The molecule has 0 radical (unpaired) electrons. The fraction of sp³-hybridized carbons (Fsp3) is 0. The Morgan fingerprint density at radius 2 is 1.58 bits per heavy atom. The predicted molar refractivity (Wildman–Crippen MR) is 70.1 cm³/mol. The average molecular weight is 277 g/mol. The molecule has 7 heteroatoms. The molecular weight excluding hydrogens is 266 g/mol. The van der Waals surface area contributed by atoms with E-state index in [9.17, 15) is 13.5 Å². The van der Waals surface area contributed by atoms with E-state index in [0.717, 1.165) is 0 Å². The summed E-state index contributed by atoms with van der Waals surface area (Å²) in [5.41, 5.74) is 0.978. The van der Waals surface area contributed by atoms with E-state index in [2.05, 4.69) is 10.2 Å². The summed E-state index contributed by atoms with van der Waals surface area (Å²) >= 11 is 0. The van der Waals surface area contributed by atoms with E-state index in [4.69, 9.17) is 5.14 Å². The van der Waals surface area contributed by atoms with Crippen LogP contribution in [-0.4, -0.2) is 13.5 Å². The van der Waals surface area contributed by atoms with E-state index in [1.165, 1.54) is 36.4 Å². The highest BCUT2D eigenvalue weighted by Gasteiger charge is 2.06. The first-order valence-corrected chi connectivity index (χ1v) is 6.83. The standard InChI is InChI=1S/C12H11N3O3S/c13-19(17,18)12-6-4-9(5-7-12)14-15-10-2-1-3-11(16)8-10/h1-8,16H,(H2,13,17,18). The fourth-order valence-corrected chi connectivity index (χ4v) is 1.89. The molecule has 0 aliphatic rings. The SMILES string of the molecule is NS(=O)(=O)c1ccc(N=Nc2cccc(O)c2)cc1. The van der Waals surface area contributed by atoms with Crippen LogP contribution in [0.3, 0.4) is 0 Å². The van der Waals surface area contributed by atoms with Gasteiger partial charge in [0.1, 0.15) is 5.75 Å². The highest BCUT2D eigenvalue weighted by Crippen LogP contribution is 2.22. The Morgan fingerprint density at radius 3 is 2.16 bits per heavy atom. The van der Waals surface area contributed by atoms with Gasteiger partial charge in [-0.05, 0) is 36.4 Å². The van der Waals surface area contributed by atoms with Crippen molar-refractivity contribution >= 4 is 21.4 Å². The summed E-state index contributed by atoms with van der Waals surface area (Å²) in [7, 11) is -3.70. The van der Waals surface area contributed by atoms with Crippen molar-refractivity contribution in [3.05, 3.63) is 48.5 Å². The van der Waals surface area contributed by atoms with Gasteiger partial charge in [-0.25, -0.2) is 13.6 Å². The molecule has 0 saturated heterocycles. The number of nitrogens with zero attached hydrogens (tertiary/aromatic N) is 2. The quantitative estimate of drug-likeness (QED) is 0.841. The Balaban J connectivity index is 2.20. The summed E-state index contributed by atoms with van der Waals surface area (Å²) < 4.78 is 22.1. The molecule has 3 N–H and O–H groups in total. The van der Waals surface area contributed by atoms with Crippen LogP contribution in [0.2, 0.25) is 0 Å². The van der Waals surface area contributed by atoms with E-state index >= 15 is 0 Å². The monoisotopic (exact) mass is 277 g/mol. The van der Waals surface area contributed by atoms with Crippen molar-refractivity contribution in [2.45, 2.75) is 4.90 Å². The number of azo groups is 1. The zero-order valence-corrected chi connectivity index (χ0v) is 10.6. The van der Waals surface area contributed by atoms with Crippen molar-refractivity contribution < 1.29 is 13.5 Å². The summed E-state index contributed by atoms with van der Waals surface area (Å²) in [5.74, 6) is 0.0982. The number of phenols is 1. The minimum absolute atomic E-state index is 0.0174. The highest BCUT2D eigenvalue weighted by molar-refractivity contribution is 7.89. The number of benzene rings is 2. The van der Waals surface area contributed by atoms with Gasteiger partial charge in [0.15, 0.2) is 0 Å². The van der Waals surface area contributed by atoms with Gasteiger partial charge in [-0.3, -0.25) is 0 Å². The zero-order valence-electron chi connectivity index (χ0n) is 9.76. The van der Waals surface area contributed by atoms with Crippen molar-refractivity contribution in [2.24, 2.45) is 15.4 Å². The van der Waals surface area contributed by atoms with Crippen LogP contribution in [0.15, 0.2) is 63.7 Å². The van der Waals surface area contributed by atoms with Crippen molar-refractivity contribution in [2.75, 3.05) is 0 Å². The summed E-state index contributed by atoms with van der Waals surface area (Å²) in [4.78, 5) is 0.0174. The largest absolute Gasteiger partial charge is 0.508 e. The van der Waals surface area contributed by atoms with Crippen LogP contribution in [0.4, 0.5) is 11.4 Å². The third-order valence-corrected chi connectivity index (χ3v) is 3.21. The molecule has 0 fully saturated rings. The van der Waals surface area contributed by atoms with E-state index in [1.807, 2.05) is 0 Å². The van der Waals surface area contributed by atoms with Crippen molar-refractivity contribution in [1.82, 2.24) is 0 Å². The normalized spacial score (nSPS) is 11.8. The Morgan fingerprint density at radius 1 is 0.947 bits per heavy atom. The number of sulfonamides is 1. The third-order valence-electron chi connectivity index (χ3n) is 2.28. The summed E-state index contributed by atoms with van der Waals surface area (Å²) in [6, 6.07) is 12.0. The van der Waals surface area contributed by atoms with Gasteiger partial charge in [0.25, 0.3) is 0 Å². The first-order valence-electron chi connectivity index (χ1n) is 5.29. The number of rotatable bonds is 3. The first-order chi connectivity index (χ1) is 8.95. The lowest BCUT2D eigenvalue weighted by molar-refractivity contribution is 0.475. The fourth-order valence-electron chi connectivity index (χ4n) is 1.37. The van der Waals surface area contributed by atoms with Crippen molar-refractivity contribution in [3.63, 3.8) is 0 Å². The van der Waals surface area contributed by atoms with Gasteiger partial charge in [0, 0.05) is 6.07 Å². The first kappa shape index (κ1) is 13.2. The summed E-state index contributed by atoms with van der Waals surface area (Å²) in [6.07, 6.45) is 0. The Hall–Kier alpha value is -2.25. The number of aromatic hydroxyl groups is 1. The number of hydrogen-bond acceptors (Lipinski definition) is 5. The molecule has 2 aromatic rings. The second-order valence-corrected chi connectivity index (χ2v) is 5.32. The molecule has 0 aliphatic heterocycles. The van der Waals surface area contributed by atoms with Crippen LogP contribution in [0.25, 0.3) is 0 Å². The number of primary sulfonamides is 1. The second-order valence-electron chi connectivity index (χ2n) is 3.76. The van der Waals surface area contributed by atoms with Crippen LogP contribution in [0.1, 0.15) is 0 Å². The topological polar surface area (TPSA) is 105 Å². The van der Waals surface area contributed by atoms with Crippen molar-refractivity contribution in [1.29, 1.82) is 0 Å². The Kier molecular flexibility index (Phi) is 3.59. The maximum atomic E-state index is 11.1. The summed E-state index contributed by atoms with van der Waals surface area (Å²) in [6.45, 7) is 0. The van der Waals surface area contributed by atoms with Gasteiger partial charge in [0.2, 0.25) is 10.0 Å². The van der Waals surface area contributed by atoms with Crippen molar-refractivity contribution in [3.8, 4) is 5.75 Å². The maximum Gasteiger partial charge on any atom is 0.238 e. The zero-order chi connectivity index (χ0) is 13.9. The van der Waals surface area contributed by atoms with Crippen LogP contribution < -0.4 is 5.14 Å². The van der Waals surface area contributed by atoms with Gasteiger partial charge in [-0.15, -0.1) is 0 Å². The molecule has 2 rings (SSSR count). The average Bonchev–Trinajstić information content (AvgIpc) is 2.36. The molecule has 0 heterocycles. The Labute approximate surface area is 110 Å². The lowest BCUT2D eigenvalue weighted by Gasteiger charge is -1.98. The highest BCUT2D eigenvalue weighted by atomic mass is 32.2. The molecule has 2 aromatic carbocycles. The van der Waals surface area contributed by atoms with Gasteiger partial charge >= 0.3 is 0 Å². The minimum Gasteiger partial charge on any atom is -0.508 e. The molecule has 0 bridgehead atoms. The van der Waals surface area contributed by atoms with Crippen LogP contribution >= 0.6 is 0 Å². The molecule has 0 amide bonds.